The van der Waals surface area contributed by atoms with E-state index in [1.807, 2.05) is 4.90 Å². The second-order valence-corrected chi connectivity index (χ2v) is 6.85. The molecule has 112 valence electrons. The van der Waals surface area contributed by atoms with Crippen LogP contribution in [0.15, 0.2) is 6.20 Å². The van der Waals surface area contributed by atoms with Crippen LogP contribution in [0.3, 0.4) is 0 Å². The van der Waals surface area contributed by atoms with Gasteiger partial charge in [-0.1, -0.05) is 20.8 Å². The van der Waals surface area contributed by atoms with E-state index in [-0.39, 0.29) is 5.91 Å². The number of carbonyl (C=O) groups excluding carboxylic acids is 1. The van der Waals surface area contributed by atoms with E-state index < -0.39 is 0 Å². The standard InChI is InChI=1S/C15H26N4O/c1-15(2,3)11-6-5-8-19(9-7-11)14(20)12-10-17-18(4)13(12)16/h10-11H,5-9,16H2,1-4H3. The summed E-state index contributed by atoms with van der Waals surface area (Å²) in [5.74, 6) is 1.14. The fourth-order valence-corrected chi connectivity index (χ4v) is 2.95. The summed E-state index contributed by atoms with van der Waals surface area (Å²) in [6.07, 6.45) is 4.89. The number of hydrogen-bond acceptors (Lipinski definition) is 3. The molecule has 20 heavy (non-hydrogen) atoms. The molecule has 1 aromatic heterocycles. The molecule has 0 bridgehead atoms. The van der Waals surface area contributed by atoms with E-state index in [4.69, 9.17) is 5.73 Å². The van der Waals surface area contributed by atoms with Crippen molar-refractivity contribution in [3.8, 4) is 0 Å². The molecule has 2 rings (SSSR count). The number of anilines is 1. The lowest BCUT2D eigenvalue weighted by atomic mass is 9.77. The van der Waals surface area contributed by atoms with Gasteiger partial charge in [0.2, 0.25) is 0 Å². The number of nitrogen functional groups attached to an aromatic ring is 1. The molecule has 2 N–H and O–H groups in total. The van der Waals surface area contributed by atoms with Gasteiger partial charge in [0.25, 0.3) is 5.91 Å². The molecule has 0 aliphatic carbocycles. The zero-order valence-corrected chi connectivity index (χ0v) is 13.0. The first-order valence-corrected chi connectivity index (χ1v) is 7.37. The highest BCUT2D eigenvalue weighted by Crippen LogP contribution is 2.34. The van der Waals surface area contributed by atoms with Crippen molar-refractivity contribution in [2.75, 3.05) is 18.8 Å². The lowest BCUT2D eigenvalue weighted by Crippen LogP contribution is -2.32. The first-order chi connectivity index (χ1) is 9.30. The Kier molecular flexibility index (Phi) is 4.06. The molecule has 1 aliphatic rings. The van der Waals surface area contributed by atoms with Crippen LogP contribution in [0, 0.1) is 11.3 Å². The zero-order chi connectivity index (χ0) is 14.9. The number of nitrogens with zero attached hydrogens (tertiary/aromatic N) is 3. The van der Waals surface area contributed by atoms with Crippen LogP contribution in [0.1, 0.15) is 50.4 Å². The Labute approximate surface area is 121 Å². The van der Waals surface area contributed by atoms with Gasteiger partial charge in [-0.25, -0.2) is 0 Å². The summed E-state index contributed by atoms with van der Waals surface area (Å²) in [6, 6.07) is 0. The molecule has 1 saturated heterocycles. The summed E-state index contributed by atoms with van der Waals surface area (Å²) in [5.41, 5.74) is 6.74. The third-order valence-corrected chi connectivity index (χ3v) is 4.46. The monoisotopic (exact) mass is 278 g/mol. The quantitative estimate of drug-likeness (QED) is 0.857. The highest BCUT2D eigenvalue weighted by Gasteiger charge is 2.29. The van der Waals surface area contributed by atoms with Crippen LogP contribution in [0.5, 0.6) is 0 Å². The molecule has 0 aromatic carbocycles. The largest absolute Gasteiger partial charge is 0.383 e. The molecule has 2 heterocycles. The molecule has 5 heteroatoms. The molecule has 1 fully saturated rings. The number of nitrogens with two attached hydrogens (primary N) is 1. The Morgan fingerprint density at radius 3 is 2.60 bits per heavy atom. The fraction of sp³-hybridized carbons (Fsp3) is 0.733. The number of amides is 1. The predicted molar refractivity (Wildman–Crippen MR) is 80.3 cm³/mol. The Balaban J connectivity index is 2.07. The van der Waals surface area contributed by atoms with E-state index in [1.54, 1.807) is 17.9 Å². The first kappa shape index (κ1) is 14.9. The minimum atomic E-state index is 0.0187. The molecule has 0 spiro atoms. The van der Waals surface area contributed by atoms with Crippen molar-refractivity contribution in [2.24, 2.45) is 18.4 Å². The Morgan fingerprint density at radius 1 is 1.35 bits per heavy atom. The van der Waals surface area contributed by atoms with Gasteiger partial charge in [-0.15, -0.1) is 0 Å². The van der Waals surface area contributed by atoms with Crippen LogP contribution in [0.4, 0.5) is 5.82 Å². The Morgan fingerprint density at radius 2 is 2.05 bits per heavy atom. The molecule has 1 aromatic rings. The van der Waals surface area contributed by atoms with Gasteiger partial charge in [0, 0.05) is 20.1 Å². The maximum absolute atomic E-state index is 12.5. The molecule has 1 aliphatic heterocycles. The first-order valence-electron chi connectivity index (χ1n) is 7.37. The van der Waals surface area contributed by atoms with Crippen molar-refractivity contribution in [3.63, 3.8) is 0 Å². The van der Waals surface area contributed by atoms with Gasteiger partial charge in [0.05, 0.1) is 6.20 Å². The minimum Gasteiger partial charge on any atom is -0.383 e. The second kappa shape index (κ2) is 5.46. The summed E-state index contributed by atoms with van der Waals surface area (Å²) >= 11 is 0. The van der Waals surface area contributed by atoms with Crippen LogP contribution in [-0.4, -0.2) is 33.7 Å². The topological polar surface area (TPSA) is 64.2 Å². The van der Waals surface area contributed by atoms with Gasteiger partial charge in [0.15, 0.2) is 0 Å². The van der Waals surface area contributed by atoms with Crippen LogP contribution in [-0.2, 0) is 7.05 Å². The summed E-state index contributed by atoms with van der Waals surface area (Å²) in [6.45, 7) is 8.49. The minimum absolute atomic E-state index is 0.0187. The number of aromatic nitrogens is 2. The van der Waals surface area contributed by atoms with Crippen molar-refractivity contribution < 1.29 is 4.79 Å². The fourth-order valence-electron chi connectivity index (χ4n) is 2.95. The molecule has 1 amide bonds. The van der Waals surface area contributed by atoms with E-state index >= 15 is 0 Å². The van der Waals surface area contributed by atoms with Crippen molar-refractivity contribution in [1.29, 1.82) is 0 Å². The molecular formula is C15H26N4O. The third kappa shape index (κ3) is 2.97. The van der Waals surface area contributed by atoms with E-state index in [2.05, 4.69) is 25.9 Å². The summed E-state index contributed by atoms with van der Waals surface area (Å²) in [5, 5.41) is 4.05. The number of likely N-dealkylation sites (tertiary alicyclic amines) is 1. The van der Waals surface area contributed by atoms with E-state index in [0.29, 0.717) is 22.7 Å². The van der Waals surface area contributed by atoms with Gasteiger partial charge in [-0.05, 0) is 30.6 Å². The Hall–Kier alpha value is -1.52. The summed E-state index contributed by atoms with van der Waals surface area (Å²) in [4.78, 5) is 14.5. The molecular weight excluding hydrogens is 252 g/mol. The zero-order valence-electron chi connectivity index (χ0n) is 13.0. The molecule has 1 unspecified atom stereocenters. The molecule has 0 radical (unpaired) electrons. The Bertz CT molecular complexity index is 487. The highest BCUT2D eigenvalue weighted by molar-refractivity contribution is 5.98. The second-order valence-electron chi connectivity index (χ2n) is 6.85. The van der Waals surface area contributed by atoms with E-state index in [9.17, 15) is 4.79 Å². The van der Waals surface area contributed by atoms with Crippen LogP contribution in [0.25, 0.3) is 0 Å². The maximum Gasteiger partial charge on any atom is 0.259 e. The average molecular weight is 278 g/mol. The maximum atomic E-state index is 12.5. The van der Waals surface area contributed by atoms with Crippen LogP contribution in [0.2, 0.25) is 0 Å². The highest BCUT2D eigenvalue weighted by atomic mass is 16.2. The van der Waals surface area contributed by atoms with Gasteiger partial charge >= 0.3 is 0 Å². The smallest absolute Gasteiger partial charge is 0.259 e. The number of aryl methyl sites for hydroxylation is 1. The number of rotatable bonds is 1. The van der Waals surface area contributed by atoms with E-state index in [1.165, 1.54) is 6.42 Å². The van der Waals surface area contributed by atoms with Gasteiger partial charge in [-0.2, -0.15) is 5.10 Å². The number of hydrogen-bond donors (Lipinski definition) is 1. The van der Waals surface area contributed by atoms with Gasteiger partial charge < -0.3 is 10.6 Å². The number of carbonyl (C=O) groups is 1. The van der Waals surface area contributed by atoms with Crippen LogP contribution >= 0.6 is 0 Å². The molecule has 0 saturated carbocycles. The van der Waals surface area contributed by atoms with Crippen molar-refractivity contribution in [2.45, 2.75) is 40.0 Å². The van der Waals surface area contributed by atoms with Gasteiger partial charge in [0.1, 0.15) is 11.4 Å². The third-order valence-electron chi connectivity index (χ3n) is 4.46. The average Bonchev–Trinajstić information content (AvgIpc) is 2.59. The molecule has 5 nitrogen and oxygen atoms in total. The van der Waals surface area contributed by atoms with Crippen molar-refractivity contribution in [3.05, 3.63) is 11.8 Å². The van der Waals surface area contributed by atoms with E-state index in [0.717, 1.165) is 25.9 Å². The predicted octanol–water partition coefficient (Wildman–Crippen LogP) is 2.29. The van der Waals surface area contributed by atoms with Crippen LogP contribution < -0.4 is 5.73 Å². The molecule has 1 atom stereocenters. The summed E-state index contributed by atoms with van der Waals surface area (Å²) in [7, 11) is 1.75. The van der Waals surface area contributed by atoms with Gasteiger partial charge in [-0.3, -0.25) is 9.48 Å². The SMILES string of the molecule is Cn1ncc(C(=O)N2CCCC(C(C)(C)C)CC2)c1N. The van der Waals surface area contributed by atoms with Crippen molar-refractivity contribution >= 4 is 11.7 Å². The lowest BCUT2D eigenvalue weighted by molar-refractivity contribution is 0.0756. The van der Waals surface area contributed by atoms with Crippen molar-refractivity contribution in [1.82, 2.24) is 14.7 Å². The summed E-state index contributed by atoms with van der Waals surface area (Å²) < 4.78 is 1.54. The normalized spacial score (nSPS) is 20.8. The lowest BCUT2D eigenvalue weighted by Gasteiger charge is -2.29.